The van der Waals surface area contributed by atoms with E-state index in [1.54, 1.807) is 24.4 Å². The Bertz CT molecular complexity index is 1510. The van der Waals surface area contributed by atoms with Crippen molar-refractivity contribution in [2.45, 2.75) is 6.54 Å². The molecular weight excluding hydrogens is 465 g/mol. The lowest BCUT2D eigenvalue weighted by molar-refractivity contribution is 0.0954. The molecule has 2 amide bonds. The summed E-state index contributed by atoms with van der Waals surface area (Å²) in [7, 11) is 0. The van der Waals surface area contributed by atoms with Crippen molar-refractivity contribution >= 4 is 51.2 Å². The Morgan fingerprint density at radius 1 is 0.971 bits per heavy atom. The zero-order chi connectivity index (χ0) is 24.2. The van der Waals surface area contributed by atoms with Crippen molar-refractivity contribution < 1.29 is 14.0 Å². The molecule has 3 aromatic heterocycles. The number of pyridine rings is 1. The van der Waals surface area contributed by atoms with Crippen LogP contribution < -0.4 is 16.0 Å². The molecule has 2 aromatic carbocycles. The van der Waals surface area contributed by atoms with Gasteiger partial charge in [0.15, 0.2) is 0 Å². The third kappa shape index (κ3) is 5.04. The zero-order valence-electron chi connectivity index (χ0n) is 18.3. The molecular formula is C26H20FN5O2S. The first-order valence-electron chi connectivity index (χ1n) is 10.8. The fraction of sp³-hybridized carbons (Fsp3) is 0.0385. The SMILES string of the molecule is O=C(Nc1cccc(CNC(=O)c2sccc2Nc2ccnc3[nH]ccc23)c1)c1ccc(F)cc1. The van der Waals surface area contributed by atoms with E-state index in [2.05, 4.69) is 25.9 Å². The number of halogens is 1. The molecule has 0 saturated carbocycles. The average molecular weight is 486 g/mol. The number of amides is 2. The summed E-state index contributed by atoms with van der Waals surface area (Å²) in [5.74, 6) is -0.947. The Hall–Kier alpha value is -4.50. The predicted octanol–water partition coefficient (Wildman–Crippen LogP) is 5.69. The summed E-state index contributed by atoms with van der Waals surface area (Å²) < 4.78 is 13.1. The second kappa shape index (κ2) is 9.78. The number of thiophene rings is 1. The minimum absolute atomic E-state index is 0.206. The summed E-state index contributed by atoms with van der Waals surface area (Å²) in [5, 5.41) is 11.9. The Kier molecular flexibility index (Phi) is 6.23. The molecule has 0 spiro atoms. The molecule has 7 nitrogen and oxygen atoms in total. The van der Waals surface area contributed by atoms with Crippen LogP contribution in [0.4, 0.5) is 21.5 Å². The molecule has 0 saturated heterocycles. The van der Waals surface area contributed by atoms with Gasteiger partial charge >= 0.3 is 0 Å². The van der Waals surface area contributed by atoms with Crippen LogP contribution in [-0.4, -0.2) is 21.8 Å². The van der Waals surface area contributed by atoms with E-state index in [1.165, 1.54) is 35.6 Å². The Labute approximate surface area is 204 Å². The molecule has 0 fully saturated rings. The number of anilines is 3. The van der Waals surface area contributed by atoms with Crippen molar-refractivity contribution in [1.82, 2.24) is 15.3 Å². The molecule has 5 rings (SSSR count). The summed E-state index contributed by atoms with van der Waals surface area (Å²) in [6, 6.07) is 18.2. The fourth-order valence-electron chi connectivity index (χ4n) is 3.62. The highest BCUT2D eigenvalue weighted by atomic mass is 32.1. The van der Waals surface area contributed by atoms with Gasteiger partial charge in [0.1, 0.15) is 16.3 Å². The molecule has 35 heavy (non-hydrogen) atoms. The maximum Gasteiger partial charge on any atom is 0.263 e. The van der Waals surface area contributed by atoms with E-state index in [4.69, 9.17) is 0 Å². The van der Waals surface area contributed by atoms with E-state index < -0.39 is 5.82 Å². The number of aromatic amines is 1. The molecule has 0 aliphatic rings. The summed E-state index contributed by atoms with van der Waals surface area (Å²) in [6.45, 7) is 0.285. The number of hydrogen-bond donors (Lipinski definition) is 4. The van der Waals surface area contributed by atoms with E-state index in [1.807, 2.05) is 35.8 Å². The number of nitrogens with zero attached hydrogens (tertiary/aromatic N) is 1. The lowest BCUT2D eigenvalue weighted by Crippen LogP contribution is -2.22. The summed E-state index contributed by atoms with van der Waals surface area (Å²) >= 11 is 1.35. The number of nitrogens with one attached hydrogen (secondary N) is 4. The van der Waals surface area contributed by atoms with Crippen LogP contribution in [0, 0.1) is 5.82 Å². The zero-order valence-corrected chi connectivity index (χ0v) is 19.2. The number of rotatable bonds is 7. The Morgan fingerprint density at radius 2 is 1.83 bits per heavy atom. The van der Waals surface area contributed by atoms with Crippen LogP contribution in [0.15, 0.2) is 84.5 Å². The van der Waals surface area contributed by atoms with Crippen molar-refractivity contribution in [3.8, 4) is 0 Å². The quantitative estimate of drug-likeness (QED) is 0.238. The summed E-state index contributed by atoms with van der Waals surface area (Å²) in [4.78, 5) is 33.2. The number of benzene rings is 2. The standard InChI is InChI=1S/C26H20FN5O2S/c27-18-6-4-17(5-7-18)25(33)31-19-3-1-2-16(14-19)15-30-26(34)23-22(10-13-35-23)32-21-9-12-29-24-20(21)8-11-28-24/h1-14H,15H2,(H,30,34)(H,31,33)(H2,28,29,32). The first-order valence-corrected chi connectivity index (χ1v) is 11.7. The second-order valence-corrected chi connectivity index (χ2v) is 8.65. The van der Waals surface area contributed by atoms with Crippen molar-refractivity contribution in [3.63, 3.8) is 0 Å². The van der Waals surface area contributed by atoms with Crippen LogP contribution in [0.2, 0.25) is 0 Å². The van der Waals surface area contributed by atoms with Gasteiger partial charge in [-0.1, -0.05) is 12.1 Å². The minimum atomic E-state index is -0.401. The number of H-pyrrole nitrogens is 1. The van der Waals surface area contributed by atoms with Gasteiger partial charge in [-0.15, -0.1) is 11.3 Å². The van der Waals surface area contributed by atoms with Crippen molar-refractivity contribution in [2.24, 2.45) is 0 Å². The van der Waals surface area contributed by atoms with Crippen molar-refractivity contribution in [1.29, 1.82) is 0 Å². The van der Waals surface area contributed by atoms with E-state index in [-0.39, 0.29) is 18.4 Å². The van der Waals surface area contributed by atoms with E-state index in [0.717, 1.165) is 22.3 Å². The predicted molar refractivity (Wildman–Crippen MR) is 136 cm³/mol. The smallest absolute Gasteiger partial charge is 0.263 e. The molecule has 0 bridgehead atoms. The molecule has 5 aromatic rings. The lowest BCUT2D eigenvalue weighted by atomic mass is 10.1. The topological polar surface area (TPSA) is 98.9 Å². The fourth-order valence-corrected chi connectivity index (χ4v) is 4.39. The van der Waals surface area contributed by atoms with Gasteiger partial charge in [-0.3, -0.25) is 9.59 Å². The lowest BCUT2D eigenvalue weighted by Gasteiger charge is -2.10. The normalized spacial score (nSPS) is 10.8. The molecule has 0 unspecified atom stereocenters. The van der Waals surface area contributed by atoms with Gasteiger partial charge in [-0.05, 0) is 65.5 Å². The van der Waals surface area contributed by atoms with Gasteiger partial charge in [0.25, 0.3) is 11.8 Å². The van der Waals surface area contributed by atoms with Crippen LogP contribution >= 0.6 is 11.3 Å². The van der Waals surface area contributed by atoms with E-state index >= 15 is 0 Å². The first-order chi connectivity index (χ1) is 17.1. The van der Waals surface area contributed by atoms with Gasteiger partial charge in [0.05, 0.1) is 11.4 Å². The first kappa shape index (κ1) is 22.3. The van der Waals surface area contributed by atoms with Crippen LogP contribution in [0.3, 0.4) is 0 Å². The number of hydrogen-bond acceptors (Lipinski definition) is 5. The monoisotopic (exact) mass is 485 g/mol. The molecule has 4 N–H and O–H groups in total. The van der Waals surface area contributed by atoms with Crippen LogP contribution in [0.25, 0.3) is 11.0 Å². The number of fused-ring (bicyclic) bond motifs is 1. The molecule has 9 heteroatoms. The van der Waals surface area contributed by atoms with Gasteiger partial charge in [0, 0.05) is 35.6 Å². The number of aromatic nitrogens is 2. The maximum atomic E-state index is 13.1. The summed E-state index contributed by atoms with van der Waals surface area (Å²) in [6.07, 6.45) is 3.52. The van der Waals surface area contributed by atoms with Gasteiger partial charge in [-0.2, -0.15) is 0 Å². The number of carbonyl (C=O) groups excluding carboxylic acids is 2. The maximum absolute atomic E-state index is 13.1. The average Bonchev–Trinajstić information content (AvgIpc) is 3.53. The molecule has 0 radical (unpaired) electrons. The molecule has 3 heterocycles. The van der Waals surface area contributed by atoms with Crippen LogP contribution in [0.5, 0.6) is 0 Å². The highest BCUT2D eigenvalue weighted by Crippen LogP contribution is 2.29. The third-order valence-electron chi connectivity index (χ3n) is 5.35. The summed E-state index contributed by atoms with van der Waals surface area (Å²) in [5.41, 5.74) is 4.09. The van der Waals surface area contributed by atoms with Gasteiger partial charge in [0.2, 0.25) is 0 Å². The molecule has 0 aliphatic heterocycles. The van der Waals surface area contributed by atoms with Crippen molar-refractivity contribution in [3.05, 3.63) is 106 Å². The van der Waals surface area contributed by atoms with Crippen LogP contribution in [-0.2, 0) is 6.54 Å². The molecule has 0 aliphatic carbocycles. The largest absolute Gasteiger partial charge is 0.354 e. The van der Waals surface area contributed by atoms with E-state index in [0.29, 0.717) is 21.8 Å². The third-order valence-corrected chi connectivity index (χ3v) is 6.26. The van der Waals surface area contributed by atoms with Gasteiger partial charge in [-0.25, -0.2) is 9.37 Å². The number of carbonyl (C=O) groups is 2. The Morgan fingerprint density at radius 3 is 2.69 bits per heavy atom. The highest BCUT2D eigenvalue weighted by molar-refractivity contribution is 7.12. The minimum Gasteiger partial charge on any atom is -0.354 e. The Balaban J connectivity index is 1.23. The second-order valence-electron chi connectivity index (χ2n) is 7.73. The molecule has 174 valence electrons. The van der Waals surface area contributed by atoms with Crippen molar-refractivity contribution in [2.75, 3.05) is 10.6 Å². The van der Waals surface area contributed by atoms with Crippen LogP contribution in [0.1, 0.15) is 25.6 Å². The highest BCUT2D eigenvalue weighted by Gasteiger charge is 2.15. The molecule has 0 atom stereocenters. The van der Waals surface area contributed by atoms with E-state index in [9.17, 15) is 14.0 Å². The van der Waals surface area contributed by atoms with Gasteiger partial charge < -0.3 is 20.9 Å².